The first-order valence-electron chi connectivity index (χ1n) is 11.8. The molecule has 1 aromatic rings. The van der Waals surface area contributed by atoms with Crippen molar-refractivity contribution in [3.05, 3.63) is 52.4 Å². The molecule has 166 valence electrons. The molecule has 0 unspecified atom stereocenters. The van der Waals surface area contributed by atoms with Crippen LogP contribution in [0, 0.1) is 0 Å². The van der Waals surface area contributed by atoms with Gasteiger partial charge in [-0.25, -0.2) is 4.79 Å². The van der Waals surface area contributed by atoms with Gasteiger partial charge in [0.15, 0.2) is 5.78 Å². The Labute approximate surface area is 184 Å². The second-order valence-electron chi connectivity index (χ2n) is 8.82. The number of benzene rings is 1. The number of ketones is 1. The topological polar surface area (TPSA) is 64.6 Å². The lowest BCUT2D eigenvalue weighted by atomic mass is 9.75. The van der Waals surface area contributed by atoms with Gasteiger partial charge in [0.1, 0.15) is 11.9 Å². The molecule has 31 heavy (non-hydrogen) atoms. The van der Waals surface area contributed by atoms with E-state index in [0.29, 0.717) is 24.2 Å². The number of unbranched alkanes of at least 4 members (excludes halogenated alkanes) is 1. The number of rotatable bonds is 7. The Morgan fingerprint density at radius 3 is 2.68 bits per heavy atom. The van der Waals surface area contributed by atoms with Gasteiger partial charge in [0.2, 0.25) is 0 Å². The molecule has 1 saturated carbocycles. The van der Waals surface area contributed by atoms with Crippen molar-refractivity contribution in [3.63, 3.8) is 0 Å². The van der Waals surface area contributed by atoms with Crippen molar-refractivity contribution in [3.8, 4) is 5.75 Å². The van der Waals surface area contributed by atoms with Gasteiger partial charge in [0.25, 0.3) is 0 Å². The van der Waals surface area contributed by atoms with Crippen LogP contribution in [-0.2, 0) is 14.3 Å². The van der Waals surface area contributed by atoms with E-state index in [9.17, 15) is 9.59 Å². The summed E-state index contributed by atoms with van der Waals surface area (Å²) >= 11 is 0. The number of carbonyl (C=O) groups is 2. The number of nitrogens with one attached hydrogen (secondary N) is 1. The van der Waals surface area contributed by atoms with Gasteiger partial charge in [0, 0.05) is 29.0 Å². The summed E-state index contributed by atoms with van der Waals surface area (Å²) in [4.78, 5) is 26.5. The predicted octanol–water partition coefficient (Wildman–Crippen LogP) is 5.32. The molecule has 1 atom stereocenters. The van der Waals surface area contributed by atoms with Crippen molar-refractivity contribution >= 4 is 11.8 Å². The van der Waals surface area contributed by atoms with E-state index < -0.39 is 5.92 Å². The lowest BCUT2D eigenvalue weighted by Crippen LogP contribution is -2.35. The third-order valence-corrected chi connectivity index (χ3v) is 6.56. The van der Waals surface area contributed by atoms with Crippen LogP contribution < -0.4 is 10.1 Å². The van der Waals surface area contributed by atoms with Crippen LogP contribution in [0.3, 0.4) is 0 Å². The molecule has 1 aromatic carbocycles. The Morgan fingerprint density at radius 1 is 1.13 bits per heavy atom. The lowest BCUT2D eigenvalue weighted by Gasteiger charge is -2.35. The fourth-order valence-corrected chi connectivity index (χ4v) is 4.96. The van der Waals surface area contributed by atoms with Crippen LogP contribution in [0.1, 0.15) is 83.1 Å². The Morgan fingerprint density at radius 2 is 1.90 bits per heavy atom. The van der Waals surface area contributed by atoms with Crippen molar-refractivity contribution in [1.29, 1.82) is 0 Å². The smallest absolute Gasteiger partial charge is 0.337 e. The third kappa shape index (κ3) is 4.56. The van der Waals surface area contributed by atoms with Gasteiger partial charge in [-0.2, -0.15) is 0 Å². The Hall–Kier alpha value is -2.56. The number of esters is 1. The third-order valence-electron chi connectivity index (χ3n) is 6.56. The van der Waals surface area contributed by atoms with Crippen LogP contribution in [0.5, 0.6) is 5.75 Å². The Kier molecular flexibility index (Phi) is 6.79. The summed E-state index contributed by atoms with van der Waals surface area (Å²) in [5.74, 6) is 0.0961. The quantitative estimate of drug-likeness (QED) is 0.475. The Balaban J connectivity index is 1.75. The SMILES string of the molecule is CCCCOc1ccccc1[C@@H]1C(C(=O)OC2CCCC2)=C(C)NC2=C1C(=O)CCC2. The lowest BCUT2D eigenvalue weighted by molar-refractivity contribution is -0.144. The number of hydrogen-bond acceptors (Lipinski definition) is 5. The highest BCUT2D eigenvalue weighted by atomic mass is 16.5. The van der Waals surface area contributed by atoms with Crippen LogP contribution in [-0.4, -0.2) is 24.5 Å². The molecular formula is C26H33NO4. The molecule has 0 saturated heterocycles. The maximum atomic E-state index is 13.4. The second kappa shape index (κ2) is 9.71. The largest absolute Gasteiger partial charge is 0.493 e. The molecule has 1 N–H and O–H groups in total. The fraction of sp³-hybridized carbons (Fsp3) is 0.538. The molecule has 3 aliphatic rings. The molecule has 1 aliphatic heterocycles. The van der Waals surface area contributed by atoms with E-state index in [1.807, 2.05) is 31.2 Å². The van der Waals surface area contributed by atoms with Gasteiger partial charge in [-0.3, -0.25) is 4.79 Å². The minimum Gasteiger partial charge on any atom is -0.493 e. The molecule has 0 aromatic heterocycles. The summed E-state index contributed by atoms with van der Waals surface area (Å²) in [6.07, 6.45) is 8.17. The first kappa shape index (κ1) is 21.7. The van der Waals surface area contributed by atoms with Crippen molar-refractivity contribution in [1.82, 2.24) is 5.32 Å². The van der Waals surface area contributed by atoms with Gasteiger partial charge in [-0.1, -0.05) is 31.5 Å². The molecule has 0 radical (unpaired) electrons. The summed E-state index contributed by atoms with van der Waals surface area (Å²) in [5, 5.41) is 3.37. The van der Waals surface area contributed by atoms with Crippen LogP contribution >= 0.6 is 0 Å². The zero-order chi connectivity index (χ0) is 21.8. The van der Waals surface area contributed by atoms with Gasteiger partial charge in [-0.15, -0.1) is 0 Å². The number of hydrogen-bond donors (Lipinski definition) is 1. The number of dihydropyridines is 1. The zero-order valence-electron chi connectivity index (χ0n) is 18.7. The number of Topliss-reactive ketones (excluding diaryl/α,β-unsaturated/α-hetero) is 1. The summed E-state index contributed by atoms with van der Waals surface area (Å²) in [5.41, 5.74) is 3.86. The molecule has 2 aliphatic carbocycles. The van der Waals surface area contributed by atoms with Crippen molar-refractivity contribution < 1.29 is 19.1 Å². The second-order valence-corrected chi connectivity index (χ2v) is 8.82. The summed E-state index contributed by atoms with van der Waals surface area (Å²) < 4.78 is 12.0. The molecule has 5 nitrogen and oxygen atoms in total. The van der Waals surface area contributed by atoms with Crippen LogP contribution in [0.4, 0.5) is 0 Å². The zero-order valence-corrected chi connectivity index (χ0v) is 18.7. The maximum absolute atomic E-state index is 13.4. The molecule has 0 spiro atoms. The number of carbonyl (C=O) groups excluding carboxylic acids is 2. The highest BCUT2D eigenvalue weighted by Crippen LogP contribution is 2.45. The van der Waals surface area contributed by atoms with E-state index in [2.05, 4.69) is 12.2 Å². The van der Waals surface area contributed by atoms with Gasteiger partial charge in [0.05, 0.1) is 18.1 Å². The first-order chi connectivity index (χ1) is 15.1. The van der Waals surface area contributed by atoms with Crippen molar-refractivity contribution in [2.75, 3.05) is 6.61 Å². The van der Waals surface area contributed by atoms with E-state index in [-0.39, 0.29) is 17.9 Å². The van der Waals surface area contributed by atoms with Crippen molar-refractivity contribution in [2.24, 2.45) is 0 Å². The van der Waals surface area contributed by atoms with Crippen LogP contribution in [0.15, 0.2) is 46.8 Å². The molecule has 1 fully saturated rings. The van der Waals surface area contributed by atoms with Crippen molar-refractivity contribution in [2.45, 2.75) is 83.7 Å². The highest BCUT2D eigenvalue weighted by Gasteiger charge is 2.41. The minimum atomic E-state index is -0.448. The predicted molar refractivity (Wildman–Crippen MR) is 120 cm³/mol. The molecule has 0 bridgehead atoms. The van der Waals surface area contributed by atoms with E-state index in [0.717, 1.165) is 74.1 Å². The van der Waals surface area contributed by atoms with E-state index >= 15 is 0 Å². The number of ether oxygens (including phenoxy) is 2. The van der Waals surface area contributed by atoms with Crippen LogP contribution in [0.25, 0.3) is 0 Å². The maximum Gasteiger partial charge on any atom is 0.337 e. The van der Waals surface area contributed by atoms with E-state index in [1.165, 1.54) is 0 Å². The minimum absolute atomic E-state index is 0.0260. The fourth-order valence-electron chi connectivity index (χ4n) is 4.96. The molecule has 5 heteroatoms. The number of para-hydroxylation sites is 1. The van der Waals surface area contributed by atoms with Gasteiger partial charge in [-0.05, 0) is 57.9 Å². The summed E-state index contributed by atoms with van der Waals surface area (Å²) in [6, 6.07) is 7.82. The van der Waals surface area contributed by atoms with Gasteiger partial charge >= 0.3 is 5.97 Å². The molecule has 4 rings (SSSR count). The first-order valence-corrected chi connectivity index (χ1v) is 11.8. The molecular weight excluding hydrogens is 390 g/mol. The summed E-state index contributed by atoms with van der Waals surface area (Å²) in [6.45, 7) is 4.66. The Bertz CT molecular complexity index is 908. The van der Waals surface area contributed by atoms with E-state index in [4.69, 9.17) is 9.47 Å². The number of allylic oxidation sites excluding steroid dienone is 3. The van der Waals surface area contributed by atoms with Crippen LogP contribution in [0.2, 0.25) is 0 Å². The normalized spacial score (nSPS) is 21.7. The van der Waals surface area contributed by atoms with Gasteiger partial charge < -0.3 is 14.8 Å². The average molecular weight is 424 g/mol. The standard InChI is InChI=1S/C26H33NO4/c1-3-4-16-30-22-15-8-7-12-19(22)24-23(26(29)31-18-10-5-6-11-18)17(2)27-20-13-9-14-21(28)25(20)24/h7-8,12,15,18,24,27H,3-6,9-11,13-14,16H2,1-2H3/t24-/m1/s1. The molecule has 1 heterocycles. The monoisotopic (exact) mass is 423 g/mol. The van der Waals surface area contributed by atoms with E-state index in [1.54, 1.807) is 0 Å². The summed E-state index contributed by atoms with van der Waals surface area (Å²) in [7, 11) is 0. The molecule has 0 amide bonds. The highest BCUT2D eigenvalue weighted by molar-refractivity contribution is 6.04. The average Bonchev–Trinajstić information content (AvgIpc) is 3.26.